The van der Waals surface area contributed by atoms with Crippen molar-refractivity contribution in [2.45, 2.75) is 0 Å². The molecule has 7 nitrogen and oxygen atoms in total. The van der Waals surface area contributed by atoms with Gasteiger partial charge in [-0.05, 0) is 35.7 Å². The van der Waals surface area contributed by atoms with E-state index in [1.54, 1.807) is 48.6 Å². The van der Waals surface area contributed by atoms with Crippen LogP contribution >= 0.6 is 11.6 Å². The molecule has 146 valence electrons. The summed E-state index contributed by atoms with van der Waals surface area (Å²) >= 11 is 6.17. The topological polar surface area (TPSA) is 79.3 Å². The third-order valence-electron chi connectivity index (χ3n) is 5.00. The van der Waals surface area contributed by atoms with Crippen LogP contribution in [0.25, 0.3) is 10.8 Å². The van der Waals surface area contributed by atoms with E-state index < -0.39 is 11.8 Å². The number of halogens is 1. The molecule has 3 heterocycles. The minimum absolute atomic E-state index is 0.156. The molecule has 30 heavy (non-hydrogen) atoms. The highest BCUT2D eigenvalue weighted by Crippen LogP contribution is 2.32. The Morgan fingerprint density at radius 1 is 0.967 bits per heavy atom. The summed E-state index contributed by atoms with van der Waals surface area (Å²) in [5, 5.41) is 2.41. The lowest BCUT2D eigenvalue weighted by Crippen LogP contribution is -2.30. The molecule has 2 aromatic heterocycles. The first-order valence-corrected chi connectivity index (χ1v) is 9.50. The lowest BCUT2D eigenvalue weighted by Gasteiger charge is -2.20. The van der Waals surface area contributed by atoms with Gasteiger partial charge in [-0.2, -0.15) is 0 Å². The lowest BCUT2D eigenvalue weighted by atomic mass is 10.1. The second-order valence-corrected chi connectivity index (χ2v) is 7.22. The number of nitrogens with zero attached hydrogens (tertiary/aromatic N) is 5. The van der Waals surface area contributed by atoms with E-state index in [1.807, 2.05) is 24.3 Å². The van der Waals surface area contributed by atoms with Crippen molar-refractivity contribution in [3.05, 3.63) is 83.3 Å². The molecule has 2 amide bonds. The fraction of sp³-hybridized carbons (Fsp3) is 0.0455. The summed E-state index contributed by atoms with van der Waals surface area (Å²) in [5.41, 5.74) is 0.710. The highest BCUT2D eigenvalue weighted by Gasteiger charge is 2.37. The molecule has 0 radical (unpaired) electrons. The predicted octanol–water partition coefficient (Wildman–Crippen LogP) is 4.25. The van der Waals surface area contributed by atoms with Crippen LogP contribution in [0.5, 0.6) is 0 Å². The Hall–Kier alpha value is -3.84. The number of benzene rings is 2. The summed E-state index contributed by atoms with van der Waals surface area (Å²) in [7, 11) is 1.79. The second kappa shape index (κ2) is 6.89. The summed E-state index contributed by atoms with van der Waals surface area (Å²) in [4.78, 5) is 41.5. The fourth-order valence-corrected chi connectivity index (χ4v) is 3.69. The van der Waals surface area contributed by atoms with Gasteiger partial charge in [0.15, 0.2) is 11.6 Å². The van der Waals surface area contributed by atoms with Crippen LogP contribution in [-0.4, -0.2) is 33.8 Å². The predicted molar refractivity (Wildman–Crippen MR) is 114 cm³/mol. The van der Waals surface area contributed by atoms with Gasteiger partial charge in [0.1, 0.15) is 5.82 Å². The van der Waals surface area contributed by atoms with Gasteiger partial charge in [0, 0.05) is 23.7 Å². The molecule has 0 N–H and O–H groups in total. The molecule has 0 aliphatic carbocycles. The number of imide groups is 1. The van der Waals surface area contributed by atoms with Gasteiger partial charge in [0.25, 0.3) is 11.8 Å². The number of aromatic nitrogens is 3. The van der Waals surface area contributed by atoms with E-state index in [2.05, 4.69) is 15.0 Å². The molecule has 0 atom stereocenters. The van der Waals surface area contributed by atoms with E-state index in [4.69, 9.17) is 11.6 Å². The summed E-state index contributed by atoms with van der Waals surface area (Å²) in [6.45, 7) is 0. The van der Waals surface area contributed by atoms with Crippen molar-refractivity contribution < 1.29 is 9.59 Å². The number of rotatable bonds is 3. The average molecular weight is 416 g/mol. The van der Waals surface area contributed by atoms with Crippen LogP contribution in [0.3, 0.4) is 0 Å². The number of carbonyl (C=O) groups is 2. The Morgan fingerprint density at radius 3 is 2.43 bits per heavy atom. The van der Waals surface area contributed by atoms with Crippen molar-refractivity contribution in [3.63, 3.8) is 0 Å². The molecule has 8 heteroatoms. The summed E-state index contributed by atoms with van der Waals surface area (Å²) in [6.07, 6.45) is 4.64. The van der Waals surface area contributed by atoms with Crippen molar-refractivity contribution in [2.75, 3.05) is 16.8 Å². The number of amides is 2. The third kappa shape index (κ3) is 2.79. The van der Waals surface area contributed by atoms with Crippen LogP contribution in [-0.2, 0) is 0 Å². The third-order valence-corrected chi connectivity index (χ3v) is 5.24. The van der Waals surface area contributed by atoms with Crippen molar-refractivity contribution in [1.82, 2.24) is 15.0 Å². The zero-order valence-electron chi connectivity index (χ0n) is 15.8. The highest BCUT2D eigenvalue weighted by atomic mass is 35.5. The van der Waals surface area contributed by atoms with Crippen LogP contribution in [0.1, 0.15) is 20.7 Å². The zero-order chi connectivity index (χ0) is 20.8. The lowest BCUT2D eigenvalue weighted by molar-refractivity contribution is 0.0925. The molecule has 0 fully saturated rings. The number of pyridine rings is 1. The molecule has 5 rings (SSSR count). The molecule has 2 aromatic carbocycles. The van der Waals surface area contributed by atoms with Crippen molar-refractivity contribution in [2.24, 2.45) is 0 Å². The number of hydrogen-bond acceptors (Lipinski definition) is 6. The van der Waals surface area contributed by atoms with Crippen LogP contribution in [0.4, 0.5) is 17.5 Å². The van der Waals surface area contributed by atoms with Crippen LogP contribution in [0, 0.1) is 0 Å². The summed E-state index contributed by atoms with van der Waals surface area (Å²) in [5.74, 6) is 0.385. The first-order chi connectivity index (χ1) is 14.5. The standard InChI is InChI=1S/C22H14ClN5O2/c1-27(20-17-10-14(23)7-6-13(17)8-9-25-20)18-11-24-12-19(26-18)28-21(29)15-4-2-3-5-16(15)22(28)30/h2-12H,1H3. The van der Waals surface area contributed by atoms with Crippen LogP contribution in [0.15, 0.2) is 67.1 Å². The van der Waals surface area contributed by atoms with Crippen molar-refractivity contribution >= 4 is 51.6 Å². The number of carbonyl (C=O) groups excluding carboxylic acids is 2. The zero-order valence-corrected chi connectivity index (χ0v) is 16.5. The van der Waals surface area contributed by atoms with Gasteiger partial charge >= 0.3 is 0 Å². The molecule has 1 aliphatic heterocycles. The fourth-order valence-electron chi connectivity index (χ4n) is 3.51. The van der Waals surface area contributed by atoms with Gasteiger partial charge in [-0.25, -0.2) is 14.9 Å². The van der Waals surface area contributed by atoms with Gasteiger partial charge in [0.05, 0.1) is 23.5 Å². The average Bonchev–Trinajstić information content (AvgIpc) is 3.03. The largest absolute Gasteiger partial charge is 0.312 e. The van der Waals surface area contributed by atoms with Crippen LogP contribution < -0.4 is 9.80 Å². The maximum Gasteiger partial charge on any atom is 0.267 e. The van der Waals surface area contributed by atoms with E-state index in [1.165, 1.54) is 6.20 Å². The van der Waals surface area contributed by atoms with E-state index in [9.17, 15) is 9.59 Å². The van der Waals surface area contributed by atoms with Gasteiger partial charge < -0.3 is 4.90 Å². The Bertz CT molecular complexity index is 1310. The molecule has 0 spiro atoms. The SMILES string of the molecule is CN(c1cncc(N2C(=O)c3ccccc3C2=O)n1)c1nccc2ccc(Cl)cc12. The van der Waals surface area contributed by atoms with Crippen molar-refractivity contribution in [3.8, 4) is 0 Å². The number of hydrogen-bond donors (Lipinski definition) is 0. The van der Waals surface area contributed by atoms with E-state index >= 15 is 0 Å². The summed E-state index contributed by atoms with van der Waals surface area (Å²) in [6, 6.07) is 14.2. The van der Waals surface area contributed by atoms with Gasteiger partial charge in [-0.15, -0.1) is 0 Å². The minimum atomic E-state index is -0.417. The Labute approximate surface area is 176 Å². The van der Waals surface area contributed by atoms with Crippen molar-refractivity contribution in [1.29, 1.82) is 0 Å². The second-order valence-electron chi connectivity index (χ2n) is 6.79. The van der Waals surface area contributed by atoms with Gasteiger partial charge in [0.2, 0.25) is 0 Å². The number of fused-ring (bicyclic) bond motifs is 2. The van der Waals surface area contributed by atoms with E-state index in [0.717, 1.165) is 15.7 Å². The van der Waals surface area contributed by atoms with E-state index in [-0.39, 0.29) is 5.82 Å². The Morgan fingerprint density at radius 2 is 1.70 bits per heavy atom. The normalized spacial score (nSPS) is 13.1. The molecule has 1 aliphatic rings. The molecule has 0 saturated carbocycles. The highest BCUT2D eigenvalue weighted by molar-refractivity contribution is 6.34. The first kappa shape index (κ1) is 18.2. The number of anilines is 3. The minimum Gasteiger partial charge on any atom is -0.312 e. The Balaban J connectivity index is 1.56. The quantitative estimate of drug-likeness (QED) is 0.465. The van der Waals surface area contributed by atoms with Gasteiger partial charge in [-0.3, -0.25) is 14.6 Å². The monoisotopic (exact) mass is 415 g/mol. The first-order valence-electron chi connectivity index (χ1n) is 9.12. The molecule has 0 saturated heterocycles. The molecule has 0 unspecified atom stereocenters. The smallest absolute Gasteiger partial charge is 0.267 e. The molecular formula is C22H14ClN5O2. The van der Waals surface area contributed by atoms with Crippen LogP contribution in [0.2, 0.25) is 5.02 Å². The molecule has 4 aromatic rings. The summed E-state index contributed by atoms with van der Waals surface area (Å²) < 4.78 is 0. The molecule has 0 bridgehead atoms. The van der Waals surface area contributed by atoms with Gasteiger partial charge in [-0.1, -0.05) is 29.8 Å². The van der Waals surface area contributed by atoms with E-state index in [0.29, 0.717) is 27.8 Å². The maximum atomic E-state index is 12.8. The Kier molecular flexibility index (Phi) is 4.18. The molecular weight excluding hydrogens is 402 g/mol. The maximum absolute atomic E-state index is 12.8.